The summed E-state index contributed by atoms with van der Waals surface area (Å²) in [6.07, 6.45) is 1.37. The molecule has 108 valence electrons. The molecule has 1 heterocycles. The summed E-state index contributed by atoms with van der Waals surface area (Å²) in [7, 11) is -3.46. The fourth-order valence-electron chi connectivity index (χ4n) is 1.83. The Kier molecular flexibility index (Phi) is 4.57. The van der Waals surface area contributed by atoms with Crippen molar-refractivity contribution in [3.8, 4) is 0 Å². The third-order valence-electron chi connectivity index (χ3n) is 2.98. The van der Waals surface area contributed by atoms with Gasteiger partial charge in [-0.05, 0) is 31.0 Å². The fraction of sp³-hybridized carbons (Fsp3) is 0.357. The molecule has 0 aliphatic carbocycles. The lowest BCUT2D eigenvalue weighted by Gasteiger charge is -2.06. The molecular formula is C14H18N2O3S. The first-order chi connectivity index (χ1) is 9.51. The number of benzene rings is 1. The molecule has 0 aliphatic heterocycles. The topological polar surface area (TPSA) is 72.2 Å². The minimum atomic E-state index is -3.46. The van der Waals surface area contributed by atoms with Crippen LogP contribution in [0, 0.1) is 6.92 Å². The van der Waals surface area contributed by atoms with Crippen molar-refractivity contribution in [1.82, 2.24) is 9.88 Å². The maximum absolute atomic E-state index is 12.1. The predicted molar refractivity (Wildman–Crippen MR) is 76.0 cm³/mol. The maximum Gasteiger partial charge on any atom is 0.240 e. The molecule has 0 amide bonds. The summed E-state index contributed by atoms with van der Waals surface area (Å²) in [6, 6.07) is 8.70. The minimum Gasteiger partial charge on any atom is -0.361 e. The molecule has 0 saturated heterocycles. The van der Waals surface area contributed by atoms with Crippen LogP contribution in [0.25, 0.3) is 0 Å². The van der Waals surface area contributed by atoms with Gasteiger partial charge in [0.15, 0.2) is 0 Å². The van der Waals surface area contributed by atoms with Crippen LogP contribution in [0.1, 0.15) is 23.9 Å². The Morgan fingerprint density at radius 2 is 1.95 bits per heavy atom. The van der Waals surface area contributed by atoms with E-state index in [1.807, 2.05) is 26.0 Å². The van der Waals surface area contributed by atoms with Gasteiger partial charge in [-0.3, -0.25) is 0 Å². The highest BCUT2D eigenvalue weighted by atomic mass is 32.2. The number of nitrogens with zero attached hydrogens (tertiary/aromatic N) is 1. The summed E-state index contributed by atoms with van der Waals surface area (Å²) in [6.45, 7) is 4.14. The quantitative estimate of drug-likeness (QED) is 0.885. The van der Waals surface area contributed by atoms with E-state index in [1.54, 1.807) is 18.2 Å². The molecule has 1 aromatic carbocycles. The van der Waals surface area contributed by atoms with E-state index in [9.17, 15) is 8.42 Å². The molecule has 0 unspecified atom stereocenters. The highest BCUT2D eigenvalue weighted by Gasteiger charge is 2.13. The first kappa shape index (κ1) is 14.7. The highest BCUT2D eigenvalue weighted by molar-refractivity contribution is 7.89. The molecule has 20 heavy (non-hydrogen) atoms. The van der Waals surface area contributed by atoms with Crippen molar-refractivity contribution in [2.45, 2.75) is 31.6 Å². The monoisotopic (exact) mass is 294 g/mol. The summed E-state index contributed by atoms with van der Waals surface area (Å²) in [5, 5.41) is 3.76. The van der Waals surface area contributed by atoms with Crippen LogP contribution in [-0.2, 0) is 22.9 Å². The maximum atomic E-state index is 12.1. The first-order valence-corrected chi connectivity index (χ1v) is 8.00. The molecule has 5 nitrogen and oxygen atoms in total. The van der Waals surface area contributed by atoms with Crippen LogP contribution < -0.4 is 4.72 Å². The molecule has 2 aromatic rings. The SMILES string of the molecule is CCc1ccc(S(=O)(=O)NCCc2cc(C)no2)cc1. The van der Waals surface area contributed by atoms with Gasteiger partial charge in [0.1, 0.15) is 5.76 Å². The van der Waals surface area contributed by atoms with Gasteiger partial charge in [0.05, 0.1) is 10.6 Å². The fourth-order valence-corrected chi connectivity index (χ4v) is 2.86. The largest absolute Gasteiger partial charge is 0.361 e. The normalized spacial score (nSPS) is 11.7. The van der Waals surface area contributed by atoms with Crippen LogP contribution in [0.15, 0.2) is 39.8 Å². The number of sulfonamides is 1. The summed E-state index contributed by atoms with van der Waals surface area (Å²) in [4.78, 5) is 0.281. The van der Waals surface area contributed by atoms with E-state index in [-0.39, 0.29) is 11.4 Å². The van der Waals surface area contributed by atoms with Gasteiger partial charge in [0.25, 0.3) is 0 Å². The van der Waals surface area contributed by atoms with Gasteiger partial charge < -0.3 is 4.52 Å². The van der Waals surface area contributed by atoms with Crippen molar-refractivity contribution in [2.75, 3.05) is 6.54 Å². The lowest BCUT2D eigenvalue weighted by atomic mass is 10.2. The number of rotatable bonds is 6. The van der Waals surface area contributed by atoms with Crippen LogP contribution in [0.2, 0.25) is 0 Å². The van der Waals surface area contributed by atoms with Crippen molar-refractivity contribution in [2.24, 2.45) is 0 Å². The summed E-state index contributed by atoms with van der Waals surface area (Å²) < 4.78 is 31.7. The predicted octanol–water partition coefficient (Wildman–Crippen LogP) is 2.07. The molecule has 0 fully saturated rings. The first-order valence-electron chi connectivity index (χ1n) is 6.52. The molecule has 0 atom stereocenters. The number of hydrogen-bond acceptors (Lipinski definition) is 4. The average molecular weight is 294 g/mol. The number of aryl methyl sites for hydroxylation is 2. The van der Waals surface area contributed by atoms with E-state index >= 15 is 0 Å². The smallest absolute Gasteiger partial charge is 0.240 e. The van der Waals surface area contributed by atoms with Gasteiger partial charge >= 0.3 is 0 Å². The van der Waals surface area contributed by atoms with Crippen molar-refractivity contribution >= 4 is 10.0 Å². The molecule has 1 aromatic heterocycles. The van der Waals surface area contributed by atoms with Gasteiger partial charge in [-0.2, -0.15) is 0 Å². The number of aromatic nitrogens is 1. The number of nitrogens with one attached hydrogen (secondary N) is 1. The molecule has 0 aliphatic rings. The summed E-state index contributed by atoms with van der Waals surface area (Å²) in [5.74, 6) is 0.673. The van der Waals surface area contributed by atoms with Crippen LogP contribution in [0.3, 0.4) is 0 Å². The van der Waals surface area contributed by atoms with E-state index in [4.69, 9.17) is 4.52 Å². The zero-order chi connectivity index (χ0) is 14.6. The van der Waals surface area contributed by atoms with Crippen molar-refractivity contribution in [3.05, 3.63) is 47.3 Å². The second-order valence-electron chi connectivity index (χ2n) is 4.58. The second kappa shape index (κ2) is 6.19. The molecule has 0 spiro atoms. The zero-order valence-electron chi connectivity index (χ0n) is 11.6. The van der Waals surface area contributed by atoms with Crippen LogP contribution in [0.4, 0.5) is 0 Å². The van der Waals surface area contributed by atoms with Crippen molar-refractivity contribution in [3.63, 3.8) is 0 Å². The second-order valence-corrected chi connectivity index (χ2v) is 6.35. The third kappa shape index (κ3) is 3.68. The van der Waals surface area contributed by atoms with Crippen LogP contribution in [0.5, 0.6) is 0 Å². The Hall–Kier alpha value is -1.66. The van der Waals surface area contributed by atoms with Crippen molar-refractivity contribution < 1.29 is 12.9 Å². The highest BCUT2D eigenvalue weighted by Crippen LogP contribution is 2.11. The zero-order valence-corrected chi connectivity index (χ0v) is 12.4. The lowest BCUT2D eigenvalue weighted by Crippen LogP contribution is -2.25. The minimum absolute atomic E-state index is 0.281. The van der Waals surface area contributed by atoms with Crippen LogP contribution in [-0.4, -0.2) is 20.1 Å². The standard InChI is InChI=1S/C14H18N2O3S/c1-3-12-4-6-14(7-5-12)20(17,18)15-9-8-13-10-11(2)16-19-13/h4-7,10,15H,3,8-9H2,1-2H3. The molecule has 2 rings (SSSR count). The van der Waals surface area contributed by atoms with E-state index in [0.29, 0.717) is 12.2 Å². The third-order valence-corrected chi connectivity index (χ3v) is 4.46. The van der Waals surface area contributed by atoms with Crippen molar-refractivity contribution in [1.29, 1.82) is 0 Å². The summed E-state index contributed by atoms with van der Waals surface area (Å²) >= 11 is 0. The molecule has 0 bridgehead atoms. The van der Waals surface area contributed by atoms with Crippen LogP contribution >= 0.6 is 0 Å². The Labute approximate surface area is 119 Å². The van der Waals surface area contributed by atoms with Gasteiger partial charge in [0, 0.05) is 19.0 Å². The summed E-state index contributed by atoms with van der Waals surface area (Å²) in [5.41, 5.74) is 1.90. The molecule has 1 N–H and O–H groups in total. The average Bonchev–Trinajstić information content (AvgIpc) is 2.84. The Morgan fingerprint density at radius 1 is 1.25 bits per heavy atom. The van der Waals surface area contributed by atoms with Gasteiger partial charge in [-0.1, -0.05) is 24.2 Å². The Balaban J connectivity index is 1.96. The van der Waals surface area contributed by atoms with Gasteiger partial charge in [-0.15, -0.1) is 0 Å². The van der Waals surface area contributed by atoms with E-state index in [0.717, 1.165) is 17.7 Å². The molecule has 6 heteroatoms. The van der Waals surface area contributed by atoms with E-state index < -0.39 is 10.0 Å². The molecule has 0 radical (unpaired) electrons. The Morgan fingerprint density at radius 3 is 2.50 bits per heavy atom. The molecule has 0 saturated carbocycles. The van der Waals surface area contributed by atoms with E-state index in [2.05, 4.69) is 9.88 Å². The Bertz CT molecular complexity index is 660. The van der Waals surface area contributed by atoms with Gasteiger partial charge in [-0.25, -0.2) is 13.1 Å². The van der Waals surface area contributed by atoms with E-state index in [1.165, 1.54) is 0 Å². The van der Waals surface area contributed by atoms with Gasteiger partial charge in [0.2, 0.25) is 10.0 Å². The lowest BCUT2D eigenvalue weighted by molar-refractivity contribution is 0.379. The molecular weight excluding hydrogens is 276 g/mol. The number of hydrogen-bond donors (Lipinski definition) is 1.